The Bertz CT molecular complexity index is 266. The van der Waals surface area contributed by atoms with Crippen molar-refractivity contribution in [1.29, 1.82) is 0 Å². The van der Waals surface area contributed by atoms with Crippen LogP contribution in [0.4, 0.5) is 14.5 Å². The zero-order valence-electron chi connectivity index (χ0n) is 7.16. The second-order valence-corrected chi connectivity index (χ2v) is 3.27. The molecule has 13 heavy (non-hydrogen) atoms. The minimum atomic E-state index is -1.33. The molecule has 2 atom stereocenters. The summed E-state index contributed by atoms with van der Waals surface area (Å²) in [5.41, 5.74) is 0.894. The molecule has 0 radical (unpaired) electrons. The Kier molecular flexibility index (Phi) is 2.17. The molecule has 0 aliphatic carbocycles. The molecule has 1 saturated heterocycles. The first-order valence-corrected chi connectivity index (χ1v) is 4.35. The highest BCUT2D eigenvalue weighted by Crippen LogP contribution is 2.23. The average Bonchev–Trinajstić information content (AvgIpc) is 2.49. The second-order valence-electron chi connectivity index (χ2n) is 3.27. The minimum Gasteiger partial charge on any atom is -0.365 e. The fourth-order valence-electron chi connectivity index (χ4n) is 1.57. The highest BCUT2D eigenvalue weighted by molar-refractivity contribution is 5.47. The highest BCUT2D eigenvalue weighted by atomic mass is 19.2. The number of alkyl halides is 2. The molecular formula is C10H11F2N. The number of benzene rings is 1. The lowest BCUT2D eigenvalue weighted by atomic mass is 10.3. The zero-order valence-corrected chi connectivity index (χ0v) is 7.16. The summed E-state index contributed by atoms with van der Waals surface area (Å²) in [5, 5.41) is 0. The Morgan fingerprint density at radius 3 is 2.08 bits per heavy atom. The van der Waals surface area contributed by atoms with Crippen LogP contribution in [0.2, 0.25) is 0 Å². The molecule has 3 heteroatoms. The van der Waals surface area contributed by atoms with Crippen LogP contribution in [0, 0.1) is 0 Å². The first-order valence-electron chi connectivity index (χ1n) is 4.35. The van der Waals surface area contributed by atoms with Gasteiger partial charge in [0.1, 0.15) is 0 Å². The fourth-order valence-corrected chi connectivity index (χ4v) is 1.57. The predicted molar refractivity (Wildman–Crippen MR) is 48.4 cm³/mol. The zero-order chi connectivity index (χ0) is 9.26. The molecule has 1 fully saturated rings. The lowest BCUT2D eigenvalue weighted by Crippen LogP contribution is -2.19. The number of para-hydroxylation sites is 1. The molecule has 1 aromatic carbocycles. The van der Waals surface area contributed by atoms with E-state index in [-0.39, 0.29) is 13.1 Å². The molecule has 2 rings (SSSR count). The lowest BCUT2D eigenvalue weighted by Gasteiger charge is -2.16. The summed E-state index contributed by atoms with van der Waals surface area (Å²) in [7, 11) is 0. The third kappa shape index (κ3) is 1.64. The van der Waals surface area contributed by atoms with E-state index < -0.39 is 12.3 Å². The molecule has 0 bridgehead atoms. The van der Waals surface area contributed by atoms with E-state index in [0.29, 0.717) is 0 Å². The Balaban J connectivity index is 2.12. The second kappa shape index (κ2) is 3.32. The van der Waals surface area contributed by atoms with Crippen LogP contribution in [0.3, 0.4) is 0 Å². The maximum Gasteiger partial charge on any atom is 0.150 e. The van der Waals surface area contributed by atoms with E-state index in [2.05, 4.69) is 0 Å². The van der Waals surface area contributed by atoms with Crippen LogP contribution >= 0.6 is 0 Å². The molecule has 1 heterocycles. The molecule has 0 N–H and O–H groups in total. The predicted octanol–water partition coefficient (Wildman–Crippen LogP) is 2.18. The van der Waals surface area contributed by atoms with Gasteiger partial charge in [-0.05, 0) is 12.1 Å². The van der Waals surface area contributed by atoms with Crippen LogP contribution in [0.1, 0.15) is 0 Å². The molecule has 1 aliphatic heterocycles. The van der Waals surface area contributed by atoms with Crippen molar-refractivity contribution in [2.45, 2.75) is 12.3 Å². The number of hydrogen-bond donors (Lipinski definition) is 0. The first-order chi connectivity index (χ1) is 6.27. The Morgan fingerprint density at radius 1 is 1.00 bits per heavy atom. The number of halogens is 2. The SMILES string of the molecule is F[C@H]1CN(c2ccccc2)C[C@@H]1F. The fraction of sp³-hybridized carbons (Fsp3) is 0.400. The number of nitrogens with zero attached hydrogens (tertiary/aromatic N) is 1. The van der Waals surface area contributed by atoms with Crippen molar-refractivity contribution in [3.8, 4) is 0 Å². The van der Waals surface area contributed by atoms with Gasteiger partial charge in [0, 0.05) is 5.69 Å². The number of anilines is 1. The van der Waals surface area contributed by atoms with Gasteiger partial charge >= 0.3 is 0 Å². The van der Waals surface area contributed by atoms with Gasteiger partial charge in [0.25, 0.3) is 0 Å². The van der Waals surface area contributed by atoms with Crippen LogP contribution in [0.25, 0.3) is 0 Å². The molecule has 1 aromatic rings. The van der Waals surface area contributed by atoms with Crippen molar-refractivity contribution in [2.75, 3.05) is 18.0 Å². The smallest absolute Gasteiger partial charge is 0.150 e. The molecule has 0 amide bonds. The van der Waals surface area contributed by atoms with Crippen molar-refractivity contribution < 1.29 is 8.78 Å². The normalized spacial score (nSPS) is 28.0. The standard InChI is InChI=1S/C10H11F2N/c11-9-6-13(7-10(9)12)8-4-2-1-3-5-8/h1-5,9-10H,6-7H2/t9-,10-/m0/s1. The van der Waals surface area contributed by atoms with Crippen LogP contribution in [-0.2, 0) is 0 Å². The molecule has 0 unspecified atom stereocenters. The molecule has 0 spiro atoms. The first kappa shape index (κ1) is 8.48. The maximum absolute atomic E-state index is 12.8. The van der Waals surface area contributed by atoms with Crippen molar-refractivity contribution in [3.63, 3.8) is 0 Å². The van der Waals surface area contributed by atoms with E-state index in [0.717, 1.165) is 5.69 Å². The molecular weight excluding hydrogens is 172 g/mol. The summed E-state index contributed by atoms with van der Waals surface area (Å²) < 4.78 is 25.7. The third-order valence-electron chi connectivity index (χ3n) is 2.30. The summed E-state index contributed by atoms with van der Waals surface area (Å²) in [4.78, 5) is 1.73. The van der Waals surface area contributed by atoms with E-state index in [1.165, 1.54) is 0 Å². The van der Waals surface area contributed by atoms with Gasteiger partial charge in [0.05, 0.1) is 13.1 Å². The van der Waals surface area contributed by atoms with Gasteiger partial charge in [-0.3, -0.25) is 0 Å². The number of hydrogen-bond acceptors (Lipinski definition) is 1. The molecule has 0 saturated carbocycles. The van der Waals surface area contributed by atoms with E-state index >= 15 is 0 Å². The Hall–Kier alpha value is -1.12. The summed E-state index contributed by atoms with van der Waals surface area (Å²) >= 11 is 0. The Labute approximate surface area is 76.0 Å². The molecule has 1 nitrogen and oxygen atoms in total. The van der Waals surface area contributed by atoms with E-state index in [9.17, 15) is 8.78 Å². The summed E-state index contributed by atoms with van der Waals surface area (Å²) in [5.74, 6) is 0. The van der Waals surface area contributed by atoms with Gasteiger partial charge in [-0.2, -0.15) is 0 Å². The molecule has 70 valence electrons. The summed E-state index contributed by atoms with van der Waals surface area (Å²) in [6.45, 7) is 0.344. The monoisotopic (exact) mass is 183 g/mol. The van der Waals surface area contributed by atoms with Gasteiger partial charge < -0.3 is 4.90 Å². The quantitative estimate of drug-likeness (QED) is 0.645. The summed E-state index contributed by atoms with van der Waals surface area (Å²) in [6.07, 6.45) is -2.67. The van der Waals surface area contributed by atoms with Crippen molar-refractivity contribution in [3.05, 3.63) is 30.3 Å². The maximum atomic E-state index is 12.8. The largest absolute Gasteiger partial charge is 0.365 e. The lowest BCUT2D eigenvalue weighted by molar-refractivity contribution is 0.217. The van der Waals surface area contributed by atoms with Gasteiger partial charge in [-0.1, -0.05) is 18.2 Å². The van der Waals surface area contributed by atoms with Crippen LogP contribution < -0.4 is 4.90 Å². The van der Waals surface area contributed by atoms with Crippen molar-refractivity contribution >= 4 is 5.69 Å². The van der Waals surface area contributed by atoms with Crippen molar-refractivity contribution in [1.82, 2.24) is 0 Å². The Morgan fingerprint density at radius 2 is 1.54 bits per heavy atom. The molecule has 0 aromatic heterocycles. The molecule has 1 aliphatic rings. The van der Waals surface area contributed by atoms with E-state index in [1.807, 2.05) is 30.3 Å². The topological polar surface area (TPSA) is 3.24 Å². The van der Waals surface area contributed by atoms with Gasteiger partial charge in [0.2, 0.25) is 0 Å². The van der Waals surface area contributed by atoms with Gasteiger partial charge in [-0.25, -0.2) is 8.78 Å². The summed E-state index contributed by atoms with van der Waals surface area (Å²) in [6, 6.07) is 9.36. The third-order valence-corrected chi connectivity index (χ3v) is 2.30. The van der Waals surface area contributed by atoms with E-state index in [1.54, 1.807) is 4.90 Å². The van der Waals surface area contributed by atoms with Gasteiger partial charge in [-0.15, -0.1) is 0 Å². The van der Waals surface area contributed by atoms with Gasteiger partial charge in [0.15, 0.2) is 12.3 Å². The van der Waals surface area contributed by atoms with Crippen LogP contribution in [0.5, 0.6) is 0 Å². The van der Waals surface area contributed by atoms with Crippen LogP contribution in [0.15, 0.2) is 30.3 Å². The minimum absolute atomic E-state index is 0.172. The van der Waals surface area contributed by atoms with Crippen molar-refractivity contribution in [2.24, 2.45) is 0 Å². The average molecular weight is 183 g/mol. The number of rotatable bonds is 1. The highest BCUT2D eigenvalue weighted by Gasteiger charge is 2.32. The van der Waals surface area contributed by atoms with Crippen LogP contribution in [-0.4, -0.2) is 25.4 Å². The van der Waals surface area contributed by atoms with E-state index in [4.69, 9.17) is 0 Å².